The first kappa shape index (κ1) is 13.9. The Kier molecular flexibility index (Phi) is 4.94. The van der Waals surface area contributed by atoms with E-state index in [1.807, 2.05) is 6.20 Å². The smallest absolute Gasteiger partial charge is 0.0921 e. The normalized spacial score (nSPS) is 22.4. The van der Waals surface area contributed by atoms with Gasteiger partial charge in [0.2, 0.25) is 0 Å². The Bertz CT molecular complexity index is 397. The van der Waals surface area contributed by atoms with E-state index in [-0.39, 0.29) is 0 Å². The molecule has 0 aliphatic heterocycles. The van der Waals surface area contributed by atoms with Crippen LogP contribution in [0, 0.1) is 17.8 Å². The summed E-state index contributed by atoms with van der Waals surface area (Å²) in [5.74, 6) is 2.69. The number of hydrogen-bond acceptors (Lipinski definition) is 1. The monoisotopic (exact) mass is 272 g/mol. The molecule has 0 spiro atoms. The van der Waals surface area contributed by atoms with E-state index in [1.54, 1.807) is 6.33 Å². The molecule has 1 N–H and O–H groups in total. The minimum absolute atomic E-state index is 0.738. The van der Waals surface area contributed by atoms with E-state index in [0.717, 1.165) is 24.2 Å². The molecule has 1 heterocycles. The molecule has 20 heavy (non-hydrogen) atoms. The van der Waals surface area contributed by atoms with Crippen molar-refractivity contribution >= 4 is 0 Å². The molecule has 3 rings (SSSR count). The minimum atomic E-state index is 0.738. The molecule has 0 aromatic carbocycles. The van der Waals surface area contributed by atoms with Crippen LogP contribution in [0.15, 0.2) is 24.7 Å². The van der Waals surface area contributed by atoms with E-state index >= 15 is 0 Å². The van der Waals surface area contributed by atoms with Gasteiger partial charge in [-0.15, -0.1) is 0 Å². The van der Waals surface area contributed by atoms with Gasteiger partial charge in [0.1, 0.15) is 0 Å². The SMILES string of the molecule is C(=C[C@@H](Cc1cnc[nH]1)C1CC1)CCC1CCCCC1. The summed E-state index contributed by atoms with van der Waals surface area (Å²) in [5, 5.41) is 0. The Morgan fingerprint density at radius 1 is 1.20 bits per heavy atom. The second-order valence-electron chi connectivity index (χ2n) is 6.79. The number of imidazole rings is 1. The first-order chi connectivity index (χ1) is 9.92. The zero-order valence-electron chi connectivity index (χ0n) is 12.6. The van der Waals surface area contributed by atoms with E-state index in [1.165, 1.54) is 63.5 Å². The van der Waals surface area contributed by atoms with E-state index in [4.69, 9.17) is 0 Å². The predicted molar refractivity (Wildman–Crippen MR) is 83.5 cm³/mol. The van der Waals surface area contributed by atoms with Crippen molar-refractivity contribution in [3.8, 4) is 0 Å². The van der Waals surface area contributed by atoms with Crippen molar-refractivity contribution in [2.75, 3.05) is 0 Å². The molecule has 1 aromatic heterocycles. The number of aromatic nitrogens is 2. The fourth-order valence-corrected chi connectivity index (χ4v) is 3.65. The Balaban J connectivity index is 1.42. The molecule has 0 unspecified atom stereocenters. The van der Waals surface area contributed by atoms with Gasteiger partial charge in [0.15, 0.2) is 0 Å². The minimum Gasteiger partial charge on any atom is -0.348 e. The van der Waals surface area contributed by atoms with Crippen LogP contribution < -0.4 is 0 Å². The van der Waals surface area contributed by atoms with E-state index in [2.05, 4.69) is 22.1 Å². The second-order valence-corrected chi connectivity index (χ2v) is 6.79. The van der Waals surface area contributed by atoms with Crippen molar-refractivity contribution in [1.29, 1.82) is 0 Å². The van der Waals surface area contributed by atoms with E-state index in [0.29, 0.717) is 0 Å². The van der Waals surface area contributed by atoms with Crippen molar-refractivity contribution in [2.24, 2.45) is 17.8 Å². The fourth-order valence-electron chi connectivity index (χ4n) is 3.65. The van der Waals surface area contributed by atoms with Crippen LogP contribution in [-0.4, -0.2) is 9.97 Å². The zero-order chi connectivity index (χ0) is 13.6. The third kappa shape index (κ3) is 4.22. The predicted octanol–water partition coefficient (Wildman–Crippen LogP) is 4.90. The number of aromatic amines is 1. The molecule has 2 fully saturated rings. The number of hydrogen-bond donors (Lipinski definition) is 1. The van der Waals surface area contributed by atoms with Gasteiger partial charge in [-0.2, -0.15) is 0 Å². The lowest BCUT2D eigenvalue weighted by Crippen LogP contribution is -2.06. The maximum Gasteiger partial charge on any atom is 0.0921 e. The van der Waals surface area contributed by atoms with E-state index < -0.39 is 0 Å². The maximum atomic E-state index is 4.13. The molecule has 0 bridgehead atoms. The van der Waals surface area contributed by atoms with Crippen molar-refractivity contribution in [2.45, 2.75) is 64.2 Å². The highest BCUT2D eigenvalue weighted by atomic mass is 14.9. The lowest BCUT2D eigenvalue weighted by molar-refractivity contribution is 0.341. The third-order valence-electron chi connectivity index (χ3n) is 5.09. The lowest BCUT2D eigenvalue weighted by atomic mass is 9.86. The molecule has 2 nitrogen and oxygen atoms in total. The van der Waals surface area contributed by atoms with Crippen molar-refractivity contribution in [1.82, 2.24) is 9.97 Å². The Morgan fingerprint density at radius 2 is 2.05 bits per heavy atom. The highest BCUT2D eigenvalue weighted by molar-refractivity contribution is 5.05. The summed E-state index contributed by atoms with van der Waals surface area (Å²) in [5.41, 5.74) is 1.29. The first-order valence-corrected chi connectivity index (χ1v) is 8.56. The third-order valence-corrected chi connectivity index (χ3v) is 5.09. The number of H-pyrrole nitrogens is 1. The molecular formula is C18H28N2. The molecule has 2 aliphatic carbocycles. The van der Waals surface area contributed by atoms with Gasteiger partial charge >= 0.3 is 0 Å². The average molecular weight is 272 g/mol. The quantitative estimate of drug-likeness (QED) is 0.703. The number of nitrogens with one attached hydrogen (secondary N) is 1. The van der Waals surface area contributed by atoms with Crippen LogP contribution in [0.4, 0.5) is 0 Å². The number of allylic oxidation sites excluding steroid dienone is 2. The van der Waals surface area contributed by atoms with Crippen LogP contribution in [0.3, 0.4) is 0 Å². The summed E-state index contributed by atoms with van der Waals surface area (Å²) in [6, 6.07) is 0. The van der Waals surface area contributed by atoms with Gasteiger partial charge in [0, 0.05) is 11.9 Å². The largest absolute Gasteiger partial charge is 0.348 e. The van der Waals surface area contributed by atoms with Crippen LogP contribution in [0.25, 0.3) is 0 Å². The molecule has 0 amide bonds. The molecule has 110 valence electrons. The van der Waals surface area contributed by atoms with Gasteiger partial charge in [-0.1, -0.05) is 44.3 Å². The first-order valence-electron chi connectivity index (χ1n) is 8.56. The van der Waals surface area contributed by atoms with Crippen LogP contribution in [-0.2, 0) is 6.42 Å². The van der Waals surface area contributed by atoms with Gasteiger partial charge in [0.25, 0.3) is 0 Å². The maximum absolute atomic E-state index is 4.13. The molecule has 2 saturated carbocycles. The van der Waals surface area contributed by atoms with Gasteiger partial charge < -0.3 is 4.98 Å². The van der Waals surface area contributed by atoms with Crippen LogP contribution >= 0.6 is 0 Å². The fraction of sp³-hybridized carbons (Fsp3) is 0.722. The summed E-state index contributed by atoms with van der Waals surface area (Å²) in [6.45, 7) is 0. The lowest BCUT2D eigenvalue weighted by Gasteiger charge is -2.20. The molecular weight excluding hydrogens is 244 g/mol. The zero-order valence-corrected chi connectivity index (χ0v) is 12.6. The van der Waals surface area contributed by atoms with Gasteiger partial charge in [-0.25, -0.2) is 4.98 Å². The van der Waals surface area contributed by atoms with Crippen LogP contribution in [0.2, 0.25) is 0 Å². The average Bonchev–Trinajstić information content (AvgIpc) is 3.21. The molecule has 0 radical (unpaired) electrons. The van der Waals surface area contributed by atoms with Crippen molar-refractivity contribution in [3.63, 3.8) is 0 Å². The van der Waals surface area contributed by atoms with Gasteiger partial charge in [-0.3, -0.25) is 0 Å². The standard InChI is InChI=1S/C18H28N2/c1-2-6-15(7-3-1)8-4-5-9-17(16-10-11-16)12-18-13-19-14-20-18/h5,9,13-17H,1-4,6-8,10-12H2,(H,19,20)/t17-/m0/s1. The summed E-state index contributed by atoms with van der Waals surface area (Å²) in [6.07, 6.45) is 22.8. The Hall–Kier alpha value is -1.05. The summed E-state index contributed by atoms with van der Waals surface area (Å²) < 4.78 is 0. The summed E-state index contributed by atoms with van der Waals surface area (Å²) in [4.78, 5) is 7.38. The number of rotatable bonds is 7. The second kappa shape index (κ2) is 7.10. The molecule has 1 aromatic rings. The topological polar surface area (TPSA) is 28.7 Å². The number of nitrogens with zero attached hydrogens (tertiary/aromatic N) is 1. The highest BCUT2D eigenvalue weighted by Gasteiger charge is 2.29. The summed E-state index contributed by atoms with van der Waals surface area (Å²) in [7, 11) is 0. The van der Waals surface area contributed by atoms with Crippen molar-refractivity contribution < 1.29 is 0 Å². The summed E-state index contributed by atoms with van der Waals surface area (Å²) >= 11 is 0. The molecule has 1 atom stereocenters. The van der Waals surface area contributed by atoms with Gasteiger partial charge in [-0.05, 0) is 49.9 Å². The molecule has 2 heteroatoms. The Morgan fingerprint density at radius 3 is 2.75 bits per heavy atom. The van der Waals surface area contributed by atoms with Gasteiger partial charge in [0.05, 0.1) is 6.33 Å². The Labute approximate surface area is 123 Å². The molecule has 2 aliphatic rings. The van der Waals surface area contributed by atoms with E-state index in [9.17, 15) is 0 Å². The van der Waals surface area contributed by atoms with Crippen LogP contribution in [0.5, 0.6) is 0 Å². The van der Waals surface area contributed by atoms with Crippen LogP contribution in [0.1, 0.15) is 63.5 Å². The molecule has 0 saturated heterocycles. The highest BCUT2D eigenvalue weighted by Crippen LogP contribution is 2.39. The van der Waals surface area contributed by atoms with Crippen molar-refractivity contribution in [3.05, 3.63) is 30.4 Å².